The predicted octanol–water partition coefficient (Wildman–Crippen LogP) is 5.96. The van der Waals surface area contributed by atoms with Crippen LogP contribution in [0.1, 0.15) is 26.5 Å². The lowest BCUT2D eigenvalue weighted by Crippen LogP contribution is -2.31. The van der Waals surface area contributed by atoms with Crippen molar-refractivity contribution in [3.63, 3.8) is 0 Å². The number of halogens is 4. The molecule has 2 N–H and O–H groups in total. The molecule has 15 heteroatoms. The van der Waals surface area contributed by atoms with Crippen LogP contribution in [0.4, 0.5) is 22.7 Å². The number of benzene rings is 1. The Hall–Kier alpha value is -3.14. The summed E-state index contributed by atoms with van der Waals surface area (Å²) in [5.74, 6) is -3.43. The number of carboxylic acids is 1. The van der Waals surface area contributed by atoms with Crippen LogP contribution in [0, 0.1) is 5.82 Å². The van der Waals surface area contributed by atoms with E-state index in [1.54, 1.807) is 17.5 Å². The Bertz CT molecular complexity index is 1450. The molecule has 192 valence electrons. The van der Waals surface area contributed by atoms with Crippen LogP contribution < -0.4 is 5.32 Å². The first-order chi connectivity index (χ1) is 17.4. The third-order valence-corrected chi connectivity index (χ3v) is 8.06. The lowest BCUT2D eigenvalue weighted by Gasteiger charge is -2.13. The van der Waals surface area contributed by atoms with Gasteiger partial charge in [-0.2, -0.15) is 13.2 Å². The fourth-order valence-electron chi connectivity index (χ4n) is 3.15. The van der Waals surface area contributed by atoms with Crippen molar-refractivity contribution in [1.29, 1.82) is 0 Å². The van der Waals surface area contributed by atoms with Crippen molar-refractivity contribution in [1.82, 2.24) is 9.88 Å². The zero-order valence-electron chi connectivity index (χ0n) is 18.2. The molecule has 0 unspecified atom stereocenters. The number of carbonyl (C=O) groups is 3. The molecule has 0 bridgehead atoms. The number of aromatic nitrogens is 1. The third-order valence-electron chi connectivity index (χ3n) is 4.90. The Balaban J connectivity index is 1.41. The van der Waals surface area contributed by atoms with Gasteiger partial charge in [0, 0.05) is 17.8 Å². The second kappa shape index (κ2) is 10.7. The van der Waals surface area contributed by atoms with Crippen molar-refractivity contribution in [2.45, 2.75) is 12.6 Å². The maximum atomic E-state index is 13.6. The fourth-order valence-corrected chi connectivity index (χ4v) is 6.04. The quantitative estimate of drug-likeness (QED) is 0.200. The van der Waals surface area contributed by atoms with E-state index in [1.165, 1.54) is 22.3 Å². The van der Waals surface area contributed by atoms with Gasteiger partial charge in [0.2, 0.25) is 5.91 Å². The highest BCUT2D eigenvalue weighted by molar-refractivity contribution is 8.26. The summed E-state index contributed by atoms with van der Waals surface area (Å²) in [6.07, 6.45) is -2.27. The maximum Gasteiger partial charge on any atom is 0.419 e. The molecule has 1 aliphatic heterocycles. The van der Waals surface area contributed by atoms with Crippen LogP contribution in [0.2, 0.25) is 0 Å². The molecule has 37 heavy (non-hydrogen) atoms. The molecule has 1 saturated heterocycles. The Morgan fingerprint density at radius 3 is 2.65 bits per heavy atom. The summed E-state index contributed by atoms with van der Waals surface area (Å²) in [6.45, 7) is -0.0174. The van der Waals surface area contributed by atoms with Crippen LogP contribution in [0.3, 0.4) is 0 Å². The van der Waals surface area contributed by atoms with E-state index in [1.807, 2.05) is 0 Å². The van der Waals surface area contributed by atoms with Crippen LogP contribution in [-0.2, 0) is 15.8 Å². The molecule has 1 aliphatic rings. The van der Waals surface area contributed by atoms with E-state index in [2.05, 4.69) is 10.3 Å². The van der Waals surface area contributed by atoms with Gasteiger partial charge < -0.3 is 10.4 Å². The number of rotatable bonds is 7. The normalized spacial score (nSPS) is 15.0. The molecule has 2 aromatic heterocycles. The fraction of sp³-hybridized carbons (Fsp3) is 0.136. The van der Waals surface area contributed by atoms with Crippen molar-refractivity contribution in [2.24, 2.45) is 0 Å². The first-order valence-electron chi connectivity index (χ1n) is 10.1. The van der Waals surface area contributed by atoms with Crippen LogP contribution >= 0.6 is 46.7 Å². The molecule has 1 fully saturated rings. The number of carbonyl (C=O) groups excluding carboxylic acids is 2. The number of thioether (sulfide) groups is 1. The second-order valence-electron chi connectivity index (χ2n) is 7.40. The van der Waals surface area contributed by atoms with Gasteiger partial charge in [0.25, 0.3) is 5.91 Å². The van der Waals surface area contributed by atoms with Crippen molar-refractivity contribution in [2.75, 3.05) is 11.9 Å². The third kappa shape index (κ3) is 6.23. The maximum absolute atomic E-state index is 13.6. The van der Waals surface area contributed by atoms with Crippen molar-refractivity contribution < 1.29 is 37.1 Å². The summed E-state index contributed by atoms with van der Waals surface area (Å²) < 4.78 is 52.9. The van der Waals surface area contributed by atoms with Gasteiger partial charge in [0.05, 0.1) is 16.7 Å². The van der Waals surface area contributed by atoms with Gasteiger partial charge in [0.1, 0.15) is 15.0 Å². The summed E-state index contributed by atoms with van der Waals surface area (Å²) in [7, 11) is 0. The van der Waals surface area contributed by atoms with E-state index >= 15 is 0 Å². The Morgan fingerprint density at radius 1 is 1.22 bits per heavy atom. The lowest BCUT2D eigenvalue weighted by molar-refractivity contribution is -0.140. The minimum absolute atomic E-state index is 0.0174. The number of aromatic carboxylic acids is 1. The van der Waals surface area contributed by atoms with Gasteiger partial charge in [0.15, 0.2) is 5.13 Å². The largest absolute Gasteiger partial charge is 0.477 e. The van der Waals surface area contributed by atoms with E-state index in [4.69, 9.17) is 17.3 Å². The number of alkyl halides is 3. The summed E-state index contributed by atoms with van der Waals surface area (Å²) >= 11 is 8.25. The number of thiazole rings is 1. The van der Waals surface area contributed by atoms with Gasteiger partial charge in [-0.05, 0) is 40.8 Å². The number of carboxylic acid groups (broad SMARTS) is 1. The zero-order valence-corrected chi connectivity index (χ0v) is 21.4. The Labute approximate surface area is 223 Å². The minimum Gasteiger partial charge on any atom is -0.477 e. The molecule has 7 nitrogen and oxygen atoms in total. The van der Waals surface area contributed by atoms with Crippen LogP contribution in [0.15, 0.2) is 40.7 Å². The first kappa shape index (κ1) is 26.9. The smallest absolute Gasteiger partial charge is 0.419 e. The highest BCUT2D eigenvalue weighted by Gasteiger charge is 2.35. The molecule has 0 radical (unpaired) electrons. The van der Waals surface area contributed by atoms with Crippen LogP contribution in [0.25, 0.3) is 17.2 Å². The van der Waals surface area contributed by atoms with E-state index < -0.39 is 35.3 Å². The topological polar surface area (TPSA) is 99.6 Å². The molecule has 3 heterocycles. The SMILES string of the molecule is O=C(CCN1C(=O)/C(=C/c2cc(-c3ccc(F)c(C(F)(F)F)c3)cs2)SC1=S)Nc1ncc(C(=O)O)s1. The van der Waals surface area contributed by atoms with Gasteiger partial charge >= 0.3 is 12.1 Å². The molecular weight excluding hydrogens is 575 g/mol. The number of amides is 2. The number of hydrogen-bond donors (Lipinski definition) is 2. The first-order valence-corrected chi connectivity index (χ1v) is 13.0. The average molecular weight is 588 g/mol. The molecule has 1 aromatic carbocycles. The zero-order chi connectivity index (χ0) is 26.9. The van der Waals surface area contributed by atoms with Crippen molar-refractivity contribution >= 4 is 80.0 Å². The Morgan fingerprint density at radius 2 is 1.97 bits per heavy atom. The molecular formula is C22H13F4N3O4S4. The second-order valence-corrected chi connectivity index (χ2v) is 11.0. The van der Waals surface area contributed by atoms with Crippen molar-refractivity contribution in [3.8, 4) is 11.1 Å². The molecule has 0 spiro atoms. The van der Waals surface area contributed by atoms with Gasteiger partial charge in [-0.25, -0.2) is 14.2 Å². The van der Waals surface area contributed by atoms with Crippen molar-refractivity contribution in [3.05, 3.63) is 61.9 Å². The minimum atomic E-state index is -4.83. The molecule has 0 atom stereocenters. The summed E-state index contributed by atoms with van der Waals surface area (Å²) in [4.78, 5) is 41.8. The van der Waals surface area contributed by atoms with Gasteiger partial charge in [-0.15, -0.1) is 11.3 Å². The number of anilines is 1. The van der Waals surface area contributed by atoms with E-state index in [0.717, 1.165) is 41.4 Å². The summed E-state index contributed by atoms with van der Waals surface area (Å²) in [5.41, 5.74) is -0.749. The molecule has 4 rings (SSSR count). The molecule has 3 aromatic rings. The van der Waals surface area contributed by atoms with Gasteiger partial charge in [-0.3, -0.25) is 14.5 Å². The number of thiophene rings is 1. The molecule has 0 aliphatic carbocycles. The number of thiocarbonyl (C=S) groups is 1. The highest BCUT2D eigenvalue weighted by Crippen LogP contribution is 2.37. The van der Waals surface area contributed by atoms with E-state index in [0.29, 0.717) is 10.4 Å². The van der Waals surface area contributed by atoms with Crippen LogP contribution in [-0.4, -0.2) is 43.6 Å². The summed E-state index contributed by atoms with van der Waals surface area (Å²) in [5, 5.41) is 13.1. The standard InChI is InChI=1S/C22H13F4N3O4S4/c23-14-2-1-10(6-13(14)22(24,25)26)11-5-12(35-9-11)7-15-18(31)29(21(34)37-15)4-3-17(30)28-20-27-8-16(36-20)19(32)33/h1-2,5-9H,3-4H2,(H,32,33)(H,27,28,30)/b15-7-. The lowest BCUT2D eigenvalue weighted by atomic mass is 10.0. The van der Waals surface area contributed by atoms with E-state index in [-0.39, 0.29) is 37.8 Å². The monoisotopic (exact) mass is 587 g/mol. The Kier molecular flexibility index (Phi) is 7.77. The molecule has 2 amide bonds. The number of nitrogens with one attached hydrogen (secondary N) is 1. The average Bonchev–Trinajstić information content (AvgIpc) is 3.53. The highest BCUT2D eigenvalue weighted by atomic mass is 32.2. The number of hydrogen-bond acceptors (Lipinski definition) is 8. The predicted molar refractivity (Wildman–Crippen MR) is 137 cm³/mol. The molecule has 0 saturated carbocycles. The van der Waals surface area contributed by atoms with E-state index in [9.17, 15) is 31.9 Å². The summed E-state index contributed by atoms with van der Waals surface area (Å²) in [6, 6.07) is 4.32. The van der Waals surface area contributed by atoms with Crippen LogP contribution in [0.5, 0.6) is 0 Å². The number of nitrogens with zero attached hydrogens (tertiary/aromatic N) is 2. The van der Waals surface area contributed by atoms with Gasteiger partial charge in [-0.1, -0.05) is 41.4 Å².